The second-order valence-electron chi connectivity index (χ2n) is 10.8. The number of hydrogen-bond donors (Lipinski definition) is 3. The molecule has 1 aliphatic heterocycles. The van der Waals surface area contributed by atoms with E-state index < -0.39 is 48.2 Å². The Balaban J connectivity index is 1.83. The highest BCUT2D eigenvalue weighted by Gasteiger charge is 2.40. The van der Waals surface area contributed by atoms with E-state index in [1.165, 1.54) is 40.6 Å². The van der Waals surface area contributed by atoms with Crippen molar-refractivity contribution in [3.8, 4) is 0 Å². The minimum atomic E-state index is -1.22. The Kier molecular flexibility index (Phi) is 14.3. The molecule has 42 heavy (non-hydrogen) atoms. The molecule has 0 saturated carbocycles. The Morgan fingerprint density at radius 3 is 2.00 bits per heavy atom. The molecule has 2 atom stereocenters. The summed E-state index contributed by atoms with van der Waals surface area (Å²) in [6.07, 6.45) is 9.67. The Hall–Kier alpha value is -3.66. The number of aliphatic carboxylic acids is 2. The third-order valence-electron chi connectivity index (χ3n) is 6.90. The predicted molar refractivity (Wildman–Crippen MR) is 165 cm³/mol. The molecule has 0 spiro atoms. The first-order valence-corrected chi connectivity index (χ1v) is 15.3. The number of carbonyl (C=O) groups is 5. The number of rotatable bonds is 18. The first kappa shape index (κ1) is 34.5. The fourth-order valence-corrected chi connectivity index (χ4v) is 5.53. The predicted octanol–water partition coefficient (Wildman–Crippen LogP) is 5.63. The highest BCUT2D eigenvalue weighted by Crippen LogP contribution is 2.27. The standard InChI is InChI=1S/C32H42N2O7S/c1-21(2)9-7-10-22(3)11-8-12-23(4)17-18-42-20-27(32(40)41)33-28(35)16-15-24(19-29(36)37)34-30(38)25-13-5-6-14-26(25)31(34)39/h5-6,9,11,13-14,17,24,27H,7-8,10,12,15-16,18-20H2,1-4H3,(H,33,35)(H,36,37)(H,40,41). The van der Waals surface area contributed by atoms with Crippen molar-refractivity contribution >= 4 is 41.4 Å². The average Bonchev–Trinajstić information content (AvgIpc) is 3.17. The Labute approximate surface area is 252 Å². The monoisotopic (exact) mass is 598 g/mol. The normalized spacial score (nSPS) is 14.8. The maximum Gasteiger partial charge on any atom is 0.327 e. The minimum Gasteiger partial charge on any atom is -0.481 e. The van der Waals surface area contributed by atoms with Crippen LogP contribution in [0.1, 0.15) is 93.4 Å². The van der Waals surface area contributed by atoms with Gasteiger partial charge in [-0.05, 0) is 71.9 Å². The number of carboxylic acid groups (broad SMARTS) is 2. The maximum atomic E-state index is 12.8. The summed E-state index contributed by atoms with van der Waals surface area (Å²) in [5.74, 6) is -3.42. The van der Waals surface area contributed by atoms with Crippen LogP contribution in [0.3, 0.4) is 0 Å². The molecule has 0 radical (unpaired) electrons. The van der Waals surface area contributed by atoms with Crippen LogP contribution in [-0.2, 0) is 14.4 Å². The van der Waals surface area contributed by atoms with Gasteiger partial charge in [0.05, 0.1) is 23.6 Å². The van der Waals surface area contributed by atoms with Gasteiger partial charge in [0, 0.05) is 17.9 Å². The van der Waals surface area contributed by atoms with E-state index in [2.05, 4.69) is 44.3 Å². The van der Waals surface area contributed by atoms with Crippen molar-refractivity contribution in [3.63, 3.8) is 0 Å². The summed E-state index contributed by atoms with van der Waals surface area (Å²) in [4.78, 5) is 62.3. The van der Waals surface area contributed by atoms with Crippen molar-refractivity contribution in [3.05, 3.63) is 70.3 Å². The highest BCUT2D eigenvalue weighted by molar-refractivity contribution is 7.99. The van der Waals surface area contributed by atoms with Gasteiger partial charge >= 0.3 is 11.9 Å². The van der Waals surface area contributed by atoms with Gasteiger partial charge in [0.2, 0.25) is 5.91 Å². The van der Waals surface area contributed by atoms with Gasteiger partial charge in [-0.1, -0.05) is 47.1 Å². The van der Waals surface area contributed by atoms with Crippen LogP contribution in [0.25, 0.3) is 0 Å². The van der Waals surface area contributed by atoms with Crippen LogP contribution < -0.4 is 5.32 Å². The lowest BCUT2D eigenvalue weighted by atomic mass is 10.1. The lowest BCUT2D eigenvalue weighted by Gasteiger charge is -2.25. The van der Waals surface area contributed by atoms with Crippen LogP contribution in [0.15, 0.2) is 59.2 Å². The molecule has 2 rings (SSSR count). The van der Waals surface area contributed by atoms with Crippen LogP contribution in [0, 0.1) is 0 Å². The van der Waals surface area contributed by atoms with Gasteiger partial charge in [0.1, 0.15) is 6.04 Å². The van der Waals surface area contributed by atoms with Crippen LogP contribution in [0.4, 0.5) is 0 Å². The number of nitrogens with zero attached hydrogens (tertiary/aromatic N) is 1. The summed E-state index contributed by atoms with van der Waals surface area (Å²) in [6.45, 7) is 8.39. The van der Waals surface area contributed by atoms with E-state index in [0.29, 0.717) is 5.75 Å². The number of allylic oxidation sites excluding steroid dienone is 5. The lowest BCUT2D eigenvalue weighted by molar-refractivity contribution is -0.141. The van der Waals surface area contributed by atoms with Crippen molar-refractivity contribution in [2.45, 2.75) is 84.7 Å². The van der Waals surface area contributed by atoms with E-state index in [1.807, 2.05) is 6.92 Å². The van der Waals surface area contributed by atoms with Crippen molar-refractivity contribution in [1.29, 1.82) is 0 Å². The molecule has 0 saturated heterocycles. The second-order valence-corrected chi connectivity index (χ2v) is 11.8. The first-order chi connectivity index (χ1) is 19.9. The number of fused-ring (bicyclic) bond motifs is 1. The van der Waals surface area contributed by atoms with Gasteiger partial charge in [0.15, 0.2) is 0 Å². The quantitative estimate of drug-likeness (QED) is 0.112. The van der Waals surface area contributed by atoms with Gasteiger partial charge in [-0.3, -0.25) is 24.1 Å². The Morgan fingerprint density at radius 1 is 0.881 bits per heavy atom. The van der Waals surface area contributed by atoms with Crippen LogP contribution in [0.2, 0.25) is 0 Å². The zero-order chi connectivity index (χ0) is 31.2. The molecular weight excluding hydrogens is 556 g/mol. The third kappa shape index (κ3) is 11.3. The summed E-state index contributed by atoms with van der Waals surface area (Å²) >= 11 is 1.39. The largest absolute Gasteiger partial charge is 0.481 e. The molecule has 0 bridgehead atoms. The topological polar surface area (TPSA) is 141 Å². The molecular formula is C32H42N2O7S. The van der Waals surface area contributed by atoms with E-state index in [0.717, 1.165) is 30.6 Å². The maximum absolute atomic E-state index is 12.8. The number of amides is 3. The summed E-state index contributed by atoms with van der Waals surface area (Å²) < 4.78 is 0. The molecule has 3 N–H and O–H groups in total. The van der Waals surface area contributed by atoms with E-state index in [9.17, 15) is 34.2 Å². The number of hydrogen-bond acceptors (Lipinski definition) is 6. The fourth-order valence-electron chi connectivity index (χ4n) is 4.53. The fraction of sp³-hybridized carbons (Fsp3) is 0.469. The van der Waals surface area contributed by atoms with Crippen LogP contribution >= 0.6 is 11.8 Å². The number of thioether (sulfide) groups is 1. The number of carboxylic acids is 2. The number of imide groups is 1. The molecule has 1 aliphatic rings. The second kappa shape index (κ2) is 17.3. The summed E-state index contributed by atoms with van der Waals surface area (Å²) in [6, 6.07) is 4.06. The highest BCUT2D eigenvalue weighted by atomic mass is 32.2. The van der Waals surface area contributed by atoms with Crippen molar-refractivity contribution in [1.82, 2.24) is 10.2 Å². The van der Waals surface area contributed by atoms with Gasteiger partial charge < -0.3 is 15.5 Å². The lowest BCUT2D eigenvalue weighted by Crippen LogP contribution is -2.44. The van der Waals surface area contributed by atoms with Gasteiger partial charge in [0.25, 0.3) is 11.8 Å². The van der Waals surface area contributed by atoms with Crippen molar-refractivity contribution in [2.24, 2.45) is 0 Å². The molecule has 9 nitrogen and oxygen atoms in total. The van der Waals surface area contributed by atoms with Gasteiger partial charge in [-0.25, -0.2) is 4.79 Å². The van der Waals surface area contributed by atoms with Crippen molar-refractivity contribution < 1.29 is 34.2 Å². The minimum absolute atomic E-state index is 0.103. The zero-order valence-electron chi connectivity index (χ0n) is 24.9. The molecule has 0 aromatic heterocycles. The third-order valence-corrected chi connectivity index (χ3v) is 7.87. The molecule has 1 aromatic rings. The molecule has 10 heteroatoms. The number of nitrogens with one attached hydrogen (secondary N) is 1. The molecule has 1 aromatic carbocycles. The van der Waals surface area contributed by atoms with E-state index in [1.54, 1.807) is 12.1 Å². The molecule has 2 unspecified atom stereocenters. The molecule has 0 aliphatic carbocycles. The van der Waals surface area contributed by atoms with Crippen LogP contribution in [0.5, 0.6) is 0 Å². The average molecular weight is 599 g/mol. The number of benzene rings is 1. The van der Waals surface area contributed by atoms with Crippen LogP contribution in [-0.4, -0.2) is 68.4 Å². The summed E-state index contributed by atoms with van der Waals surface area (Å²) in [5, 5.41) is 21.4. The van der Waals surface area contributed by atoms with Gasteiger partial charge in [-0.15, -0.1) is 0 Å². The molecule has 3 amide bonds. The van der Waals surface area contributed by atoms with Crippen molar-refractivity contribution in [2.75, 3.05) is 11.5 Å². The van der Waals surface area contributed by atoms with E-state index in [-0.39, 0.29) is 29.7 Å². The first-order valence-electron chi connectivity index (χ1n) is 14.1. The Bertz CT molecular complexity index is 1210. The number of carbonyl (C=O) groups excluding carboxylic acids is 3. The molecule has 1 heterocycles. The Morgan fingerprint density at radius 2 is 1.45 bits per heavy atom. The van der Waals surface area contributed by atoms with E-state index in [4.69, 9.17) is 0 Å². The molecule has 228 valence electrons. The molecule has 0 fully saturated rings. The summed E-state index contributed by atoms with van der Waals surface area (Å²) in [5.41, 5.74) is 4.29. The van der Waals surface area contributed by atoms with E-state index >= 15 is 0 Å². The SMILES string of the molecule is CC(C)=CCCC(C)=CCCC(C)=CCSCC(NC(=O)CCC(CC(=O)O)N1C(=O)c2ccccc2C1=O)C(=O)O. The summed E-state index contributed by atoms with van der Waals surface area (Å²) in [7, 11) is 0. The zero-order valence-corrected chi connectivity index (χ0v) is 25.7. The smallest absolute Gasteiger partial charge is 0.327 e. The van der Waals surface area contributed by atoms with Gasteiger partial charge in [-0.2, -0.15) is 11.8 Å².